The Labute approximate surface area is 81.7 Å². The molecule has 5 nitrogen and oxygen atoms in total. The number of halogens is 3. The van der Waals surface area contributed by atoms with Gasteiger partial charge in [-0.05, 0) is 0 Å². The number of carbonyl (C=O) groups is 2. The van der Waals surface area contributed by atoms with Crippen molar-refractivity contribution in [3.8, 4) is 6.07 Å². The summed E-state index contributed by atoms with van der Waals surface area (Å²) in [6.07, 6.45) is -7.65. The maximum Gasteiger partial charge on any atom is 0.414 e. The number of nitriles is 1. The minimum absolute atomic E-state index is 0.326. The fourth-order valence-electron chi connectivity index (χ4n) is 1.37. The predicted molar refractivity (Wildman–Crippen MR) is 38.4 cm³/mol. The third-order valence-electron chi connectivity index (χ3n) is 2.05. The lowest BCUT2D eigenvalue weighted by Crippen LogP contribution is -2.46. The zero-order chi connectivity index (χ0) is 11.8. The lowest BCUT2D eigenvalue weighted by atomic mass is 10.1. The molecule has 82 valence electrons. The van der Waals surface area contributed by atoms with Crippen LogP contribution in [0.25, 0.3) is 0 Å². The Morgan fingerprint density at radius 1 is 1.60 bits per heavy atom. The Kier molecular flexibility index (Phi) is 2.57. The smallest absolute Gasteiger partial charge is 0.414 e. The molecular weight excluding hydrogens is 217 g/mol. The first-order chi connectivity index (χ1) is 6.79. The van der Waals surface area contributed by atoms with E-state index in [2.05, 4.69) is 0 Å². The van der Waals surface area contributed by atoms with Crippen LogP contribution in [0.5, 0.6) is 0 Å². The average Bonchev–Trinajstić information content (AvgIpc) is 2.41. The number of hydrogen-bond donors (Lipinski definition) is 1. The molecule has 1 heterocycles. The van der Waals surface area contributed by atoms with Gasteiger partial charge in [-0.1, -0.05) is 0 Å². The van der Waals surface area contributed by atoms with E-state index < -0.39 is 36.6 Å². The van der Waals surface area contributed by atoms with Gasteiger partial charge in [-0.25, -0.2) is 9.69 Å². The number of imide groups is 1. The van der Waals surface area contributed by atoms with Gasteiger partial charge in [0, 0.05) is 6.42 Å². The van der Waals surface area contributed by atoms with Gasteiger partial charge in [-0.2, -0.15) is 18.4 Å². The van der Waals surface area contributed by atoms with Crippen LogP contribution < -0.4 is 0 Å². The summed E-state index contributed by atoms with van der Waals surface area (Å²) in [5, 5.41) is 16.8. The minimum Gasteiger partial charge on any atom is -0.465 e. The van der Waals surface area contributed by atoms with Gasteiger partial charge in [0.25, 0.3) is 0 Å². The molecule has 1 aliphatic heterocycles. The lowest BCUT2D eigenvalue weighted by molar-refractivity contribution is -0.175. The number of alkyl halides is 3. The van der Waals surface area contributed by atoms with Gasteiger partial charge in [-0.3, -0.25) is 4.79 Å². The summed E-state index contributed by atoms with van der Waals surface area (Å²) in [7, 11) is 0. The summed E-state index contributed by atoms with van der Waals surface area (Å²) >= 11 is 0. The SMILES string of the molecule is N#CC1CC(C(F)(F)F)N(C(=O)O)C1=O. The number of amides is 2. The number of carbonyl (C=O) groups excluding carboxylic acids is 1. The molecular formula is C7H5F3N2O3. The van der Waals surface area contributed by atoms with E-state index in [-0.39, 0.29) is 4.90 Å². The van der Waals surface area contributed by atoms with Crippen LogP contribution in [0.15, 0.2) is 0 Å². The molecule has 1 fully saturated rings. The van der Waals surface area contributed by atoms with Crippen molar-refractivity contribution in [1.82, 2.24) is 4.90 Å². The number of carboxylic acid groups (broad SMARTS) is 1. The number of hydrogen-bond acceptors (Lipinski definition) is 3. The van der Waals surface area contributed by atoms with Crippen LogP contribution in [0.4, 0.5) is 18.0 Å². The Hall–Kier alpha value is -1.78. The van der Waals surface area contributed by atoms with Crippen LogP contribution in [0.1, 0.15) is 6.42 Å². The molecule has 8 heteroatoms. The molecule has 1 rings (SSSR count). The van der Waals surface area contributed by atoms with Crippen molar-refractivity contribution in [3.63, 3.8) is 0 Å². The van der Waals surface area contributed by atoms with E-state index in [0.717, 1.165) is 0 Å². The van der Waals surface area contributed by atoms with Crippen LogP contribution in [-0.2, 0) is 4.79 Å². The van der Waals surface area contributed by atoms with E-state index in [1.54, 1.807) is 0 Å². The zero-order valence-electron chi connectivity index (χ0n) is 7.15. The first kappa shape index (κ1) is 11.3. The molecule has 2 amide bonds. The average molecular weight is 222 g/mol. The molecule has 2 atom stereocenters. The highest BCUT2D eigenvalue weighted by Gasteiger charge is 2.55. The highest BCUT2D eigenvalue weighted by Crippen LogP contribution is 2.35. The summed E-state index contributed by atoms with van der Waals surface area (Å²) < 4.78 is 36.9. The molecule has 0 aromatic heterocycles. The number of nitrogens with zero attached hydrogens (tertiary/aromatic N) is 2. The second kappa shape index (κ2) is 3.42. The summed E-state index contributed by atoms with van der Waals surface area (Å²) in [6, 6.07) is -1.06. The second-order valence-corrected chi connectivity index (χ2v) is 2.97. The van der Waals surface area contributed by atoms with Gasteiger partial charge >= 0.3 is 12.3 Å². The second-order valence-electron chi connectivity index (χ2n) is 2.97. The van der Waals surface area contributed by atoms with E-state index in [4.69, 9.17) is 10.4 Å². The summed E-state index contributed by atoms with van der Waals surface area (Å²) in [5.41, 5.74) is 0. The van der Waals surface area contributed by atoms with E-state index in [1.807, 2.05) is 0 Å². The Morgan fingerprint density at radius 2 is 2.13 bits per heavy atom. The largest absolute Gasteiger partial charge is 0.465 e. The van der Waals surface area contributed by atoms with Crippen molar-refractivity contribution in [2.24, 2.45) is 5.92 Å². The molecule has 1 saturated heterocycles. The Bertz CT molecular complexity index is 346. The van der Waals surface area contributed by atoms with Crippen LogP contribution in [0, 0.1) is 17.2 Å². The molecule has 0 aromatic carbocycles. The van der Waals surface area contributed by atoms with Crippen LogP contribution in [0.3, 0.4) is 0 Å². The van der Waals surface area contributed by atoms with E-state index in [9.17, 15) is 22.8 Å². The molecule has 0 aliphatic carbocycles. The predicted octanol–water partition coefficient (Wildman–Crippen LogP) is 0.967. The van der Waals surface area contributed by atoms with Gasteiger partial charge in [-0.15, -0.1) is 0 Å². The summed E-state index contributed by atoms with van der Waals surface area (Å²) in [4.78, 5) is 21.2. The molecule has 1 N–H and O–H groups in total. The van der Waals surface area contributed by atoms with Gasteiger partial charge < -0.3 is 5.11 Å². The van der Waals surface area contributed by atoms with E-state index >= 15 is 0 Å². The van der Waals surface area contributed by atoms with Crippen LogP contribution >= 0.6 is 0 Å². The molecule has 0 spiro atoms. The normalized spacial score (nSPS) is 26.5. The van der Waals surface area contributed by atoms with E-state index in [1.165, 1.54) is 6.07 Å². The highest BCUT2D eigenvalue weighted by atomic mass is 19.4. The standard InChI is InChI=1S/C7H5F3N2O3/c8-7(9,10)4-1-3(2-11)5(13)12(4)6(14)15/h3-4H,1H2,(H,14,15). The first-order valence-corrected chi connectivity index (χ1v) is 3.81. The fraction of sp³-hybridized carbons (Fsp3) is 0.571. The maximum absolute atomic E-state index is 12.3. The summed E-state index contributed by atoms with van der Waals surface area (Å²) in [5.74, 6) is -2.85. The number of rotatable bonds is 0. The lowest BCUT2D eigenvalue weighted by Gasteiger charge is -2.21. The summed E-state index contributed by atoms with van der Waals surface area (Å²) in [6.45, 7) is 0. The third kappa shape index (κ3) is 1.86. The first-order valence-electron chi connectivity index (χ1n) is 3.81. The number of likely N-dealkylation sites (tertiary alicyclic amines) is 1. The topological polar surface area (TPSA) is 81.4 Å². The van der Waals surface area contributed by atoms with Crippen molar-refractivity contribution < 1.29 is 27.9 Å². The van der Waals surface area contributed by atoms with Gasteiger partial charge in [0.2, 0.25) is 5.91 Å². The van der Waals surface area contributed by atoms with Crippen molar-refractivity contribution in [3.05, 3.63) is 0 Å². The molecule has 15 heavy (non-hydrogen) atoms. The molecule has 0 aromatic rings. The molecule has 1 aliphatic rings. The zero-order valence-corrected chi connectivity index (χ0v) is 7.15. The molecule has 0 saturated carbocycles. The van der Waals surface area contributed by atoms with Crippen molar-refractivity contribution in [2.45, 2.75) is 18.6 Å². The van der Waals surface area contributed by atoms with E-state index in [0.29, 0.717) is 0 Å². The Morgan fingerprint density at radius 3 is 2.40 bits per heavy atom. The van der Waals surface area contributed by atoms with Gasteiger partial charge in [0.05, 0.1) is 6.07 Å². The molecule has 2 unspecified atom stereocenters. The third-order valence-corrected chi connectivity index (χ3v) is 2.05. The fourth-order valence-corrected chi connectivity index (χ4v) is 1.37. The maximum atomic E-state index is 12.3. The Balaban J connectivity index is 3.05. The van der Waals surface area contributed by atoms with Crippen LogP contribution in [0.2, 0.25) is 0 Å². The molecule has 0 radical (unpaired) electrons. The van der Waals surface area contributed by atoms with Crippen LogP contribution in [-0.4, -0.2) is 34.2 Å². The monoisotopic (exact) mass is 222 g/mol. The van der Waals surface area contributed by atoms with Crippen molar-refractivity contribution in [2.75, 3.05) is 0 Å². The highest BCUT2D eigenvalue weighted by molar-refractivity contribution is 5.96. The van der Waals surface area contributed by atoms with Gasteiger partial charge in [0.15, 0.2) is 0 Å². The van der Waals surface area contributed by atoms with Gasteiger partial charge in [0.1, 0.15) is 12.0 Å². The minimum atomic E-state index is -4.83. The molecule has 0 bridgehead atoms. The van der Waals surface area contributed by atoms with Crippen molar-refractivity contribution in [1.29, 1.82) is 5.26 Å². The quantitative estimate of drug-likeness (QED) is 0.661. The van der Waals surface area contributed by atoms with Crippen molar-refractivity contribution >= 4 is 12.0 Å².